The number of halogens is 1. The number of fused-ring (bicyclic) bond motifs is 1. The lowest BCUT2D eigenvalue weighted by atomic mass is 10.1. The van der Waals surface area contributed by atoms with E-state index in [0.29, 0.717) is 5.88 Å². The summed E-state index contributed by atoms with van der Waals surface area (Å²) in [5.41, 5.74) is 2.51. The van der Waals surface area contributed by atoms with Crippen molar-refractivity contribution in [3.05, 3.63) is 35.4 Å². The monoisotopic (exact) mass is 208 g/mol. The van der Waals surface area contributed by atoms with Gasteiger partial charge in [-0.25, -0.2) is 0 Å². The van der Waals surface area contributed by atoms with Crippen molar-refractivity contribution in [2.24, 2.45) is 0 Å². The molecule has 0 spiro atoms. The highest BCUT2D eigenvalue weighted by Crippen LogP contribution is 2.26. The summed E-state index contributed by atoms with van der Waals surface area (Å²) in [6, 6.07) is 6.36. The van der Waals surface area contributed by atoms with Crippen LogP contribution >= 0.6 is 11.6 Å². The van der Waals surface area contributed by atoms with Crippen molar-refractivity contribution >= 4 is 17.7 Å². The van der Waals surface area contributed by atoms with Crippen molar-refractivity contribution in [3.63, 3.8) is 0 Å². The van der Waals surface area contributed by atoms with Crippen LogP contribution in [0.2, 0.25) is 0 Å². The van der Waals surface area contributed by atoms with E-state index in [1.165, 1.54) is 11.1 Å². The van der Waals surface area contributed by atoms with Crippen molar-refractivity contribution in [3.8, 4) is 5.75 Å². The molecule has 1 aromatic rings. The minimum Gasteiger partial charge on any atom is -0.493 e. The average Bonchev–Trinajstić information content (AvgIpc) is 2.65. The van der Waals surface area contributed by atoms with Crippen molar-refractivity contribution in [1.29, 1.82) is 0 Å². The van der Waals surface area contributed by atoms with Crippen LogP contribution in [0.1, 0.15) is 17.5 Å². The Labute approximate surface area is 89.3 Å². The number of alkyl halides is 1. The van der Waals surface area contributed by atoms with Gasteiger partial charge in [0.2, 0.25) is 0 Å². The second-order valence-corrected chi connectivity index (χ2v) is 3.72. The van der Waals surface area contributed by atoms with Gasteiger partial charge < -0.3 is 4.74 Å². The van der Waals surface area contributed by atoms with Gasteiger partial charge in [0.1, 0.15) is 5.75 Å². The van der Waals surface area contributed by atoms with E-state index in [-0.39, 0.29) is 0 Å². The van der Waals surface area contributed by atoms with Crippen LogP contribution in [0.15, 0.2) is 24.3 Å². The van der Waals surface area contributed by atoms with Crippen molar-refractivity contribution in [1.82, 2.24) is 0 Å². The summed E-state index contributed by atoms with van der Waals surface area (Å²) < 4.78 is 5.49. The Morgan fingerprint density at radius 2 is 2.36 bits per heavy atom. The fraction of sp³-hybridized carbons (Fsp3) is 0.333. The predicted molar refractivity (Wildman–Crippen MR) is 60.0 cm³/mol. The lowest BCUT2D eigenvalue weighted by Gasteiger charge is -1.99. The third kappa shape index (κ3) is 2.10. The minimum atomic E-state index is 0.679. The third-order valence-corrected chi connectivity index (χ3v) is 2.52. The molecule has 0 saturated heterocycles. The van der Waals surface area contributed by atoms with Gasteiger partial charge in [0.25, 0.3) is 0 Å². The van der Waals surface area contributed by atoms with Crippen LogP contribution in [0.25, 0.3) is 6.08 Å². The molecular weight excluding hydrogens is 196 g/mol. The Kier molecular flexibility index (Phi) is 3.10. The first-order valence-electron chi connectivity index (χ1n) is 4.88. The molecule has 0 aromatic heterocycles. The van der Waals surface area contributed by atoms with Gasteiger partial charge in [-0.2, -0.15) is 0 Å². The number of allylic oxidation sites excluding steroid dienone is 1. The van der Waals surface area contributed by atoms with Gasteiger partial charge in [-0.05, 0) is 23.6 Å². The Hall–Kier alpha value is -0.950. The summed E-state index contributed by atoms with van der Waals surface area (Å²) in [6.07, 6.45) is 6.13. The number of ether oxygens (including phenoxy) is 1. The quantitative estimate of drug-likeness (QED) is 0.693. The van der Waals surface area contributed by atoms with E-state index in [2.05, 4.69) is 30.4 Å². The van der Waals surface area contributed by atoms with Crippen LogP contribution in [0.4, 0.5) is 0 Å². The molecule has 0 bridgehead atoms. The maximum absolute atomic E-state index is 5.59. The second kappa shape index (κ2) is 4.52. The summed E-state index contributed by atoms with van der Waals surface area (Å²) in [6.45, 7) is 0.824. The molecule has 74 valence electrons. The van der Waals surface area contributed by atoms with Gasteiger partial charge in [-0.15, -0.1) is 11.6 Å². The molecule has 1 aliphatic rings. The SMILES string of the molecule is ClCC/C=C/c1ccc2c(c1)OCC2. The van der Waals surface area contributed by atoms with Gasteiger partial charge in [0.05, 0.1) is 6.61 Å². The zero-order valence-electron chi connectivity index (χ0n) is 8.00. The molecule has 0 unspecified atom stereocenters. The predicted octanol–water partition coefficient (Wildman–Crippen LogP) is 3.26. The fourth-order valence-corrected chi connectivity index (χ4v) is 1.70. The summed E-state index contributed by atoms with van der Waals surface area (Å²) >= 11 is 5.59. The largest absolute Gasteiger partial charge is 0.493 e. The Morgan fingerprint density at radius 1 is 1.43 bits per heavy atom. The van der Waals surface area contributed by atoms with E-state index in [4.69, 9.17) is 16.3 Å². The van der Waals surface area contributed by atoms with E-state index in [9.17, 15) is 0 Å². The van der Waals surface area contributed by atoms with Crippen LogP contribution < -0.4 is 4.74 Å². The molecule has 0 atom stereocenters. The van der Waals surface area contributed by atoms with Crippen LogP contribution in [0, 0.1) is 0 Å². The first kappa shape index (κ1) is 9.60. The Bertz CT molecular complexity index is 344. The highest BCUT2D eigenvalue weighted by atomic mass is 35.5. The summed E-state index contributed by atoms with van der Waals surface area (Å²) in [4.78, 5) is 0. The van der Waals surface area contributed by atoms with Crippen LogP contribution in [0.3, 0.4) is 0 Å². The van der Waals surface area contributed by atoms with Crippen molar-refractivity contribution < 1.29 is 4.74 Å². The highest BCUT2D eigenvalue weighted by Gasteiger charge is 2.10. The molecule has 0 saturated carbocycles. The fourth-order valence-electron chi connectivity index (χ4n) is 1.57. The van der Waals surface area contributed by atoms with Crippen LogP contribution in [-0.4, -0.2) is 12.5 Å². The lowest BCUT2D eigenvalue weighted by Crippen LogP contribution is -1.86. The second-order valence-electron chi connectivity index (χ2n) is 3.35. The minimum absolute atomic E-state index is 0.679. The number of rotatable bonds is 3. The number of benzene rings is 1. The summed E-state index contributed by atoms with van der Waals surface area (Å²) in [7, 11) is 0. The number of hydrogen-bond acceptors (Lipinski definition) is 1. The molecule has 1 aromatic carbocycles. The zero-order valence-corrected chi connectivity index (χ0v) is 8.76. The van der Waals surface area contributed by atoms with Gasteiger partial charge in [0.15, 0.2) is 0 Å². The van der Waals surface area contributed by atoms with E-state index < -0.39 is 0 Å². The molecule has 0 N–H and O–H groups in total. The molecule has 1 aliphatic heterocycles. The summed E-state index contributed by atoms with van der Waals surface area (Å²) in [5.74, 6) is 1.72. The number of hydrogen-bond donors (Lipinski definition) is 0. The summed E-state index contributed by atoms with van der Waals surface area (Å²) in [5, 5.41) is 0. The molecule has 0 fully saturated rings. The van der Waals surface area contributed by atoms with Crippen LogP contribution in [0.5, 0.6) is 5.75 Å². The standard InChI is InChI=1S/C12H13ClO/c13-7-2-1-3-10-4-5-11-6-8-14-12(11)9-10/h1,3-5,9H,2,6-8H2/b3-1+. The van der Waals surface area contributed by atoms with E-state index in [0.717, 1.165) is 25.2 Å². The van der Waals surface area contributed by atoms with Gasteiger partial charge in [0, 0.05) is 12.3 Å². The highest BCUT2D eigenvalue weighted by molar-refractivity contribution is 6.17. The molecule has 0 amide bonds. The average molecular weight is 209 g/mol. The molecule has 2 heteroatoms. The van der Waals surface area contributed by atoms with Crippen molar-refractivity contribution in [2.75, 3.05) is 12.5 Å². The first-order chi connectivity index (χ1) is 6.90. The zero-order chi connectivity index (χ0) is 9.80. The van der Waals surface area contributed by atoms with Gasteiger partial charge in [-0.3, -0.25) is 0 Å². The van der Waals surface area contributed by atoms with Gasteiger partial charge in [-0.1, -0.05) is 24.3 Å². The molecular formula is C12H13ClO. The molecule has 1 nitrogen and oxygen atoms in total. The molecule has 14 heavy (non-hydrogen) atoms. The lowest BCUT2D eigenvalue weighted by molar-refractivity contribution is 0.357. The topological polar surface area (TPSA) is 9.23 Å². The normalized spacial score (nSPS) is 14.4. The molecule has 1 heterocycles. The van der Waals surface area contributed by atoms with Crippen LogP contribution in [-0.2, 0) is 6.42 Å². The molecule has 0 aliphatic carbocycles. The van der Waals surface area contributed by atoms with E-state index >= 15 is 0 Å². The molecule has 2 rings (SSSR count). The smallest absolute Gasteiger partial charge is 0.123 e. The van der Waals surface area contributed by atoms with Gasteiger partial charge >= 0.3 is 0 Å². The van der Waals surface area contributed by atoms with E-state index in [1.54, 1.807) is 0 Å². The Morgan fingerprint density at radius 3 is 3.21 bits per heavy atom. The van der Waals surface area contributed by atoms with Crippen molar-refractivity contribution in [2.45, 2.75) is 12.8 Å². The maximum Gasteiger partial charge on any atom is 0.123 e. The van der Waals surface area contributed by atoms with E-state index in [1.807, 2.05) is 0 Å². The maximum atomic E-state index is 5.59. The first-order valence-corrected chi connectivity index (χ1v) is 5.42. The Balaban J connectivity index is 2.12. The third-order valence-electron chi connectivity index (χ3n) is 2.31. The molecule has 0 radical (unpaired) electrons.